The molecule has 2 N–H and O–H groups in total. The summed E-state index contributed by atoms with van der Waals surface area (Å²) in [6, 6.07) is 3.59. The van der Waals surface area contributed by atoms with E-state index in [1.807, 2.05) is 0 Å². The molecule has 0 bridgehead atoms. The van der Waals surface area contributed by atoms with Gasteiger partial charge in [0.05, 0.1) is 6.10 Å². The summed E-state index contributed by atoms with van der Waals surface area (Å²) in [5, 5.41) is 12.3. The summed E-state index contributed by atoms with van der Waals surface area (Å²) in [4.78, 5) is 16.0. The Kier molecular flexibility index (Phi) is 4.72. The molecule has 0 saturated heterocycles. The average molecular weight is 313 g/mol. The van der Waals surface area contributed by atoms with E-state index in [-0.39, 0.29) is 12.0 Å². The first-order valence-corrected chi connectivity index (χ1v) is 7.03. The van der Waals surface area contributed by atoms with Crippen LogP contribution in [-0.4, -0.2) is 28.6 Å². The molecule has 0 radical (unpaired) electrons. The fourth-order valence-corrected chi connectivity index (χ4v) is 2.66. The summed E-state index contributed by atoms with van der Waals surface area (Å²) in [5.74, 6) is 0.327. The summed E-state index contributed by atoms with van der Waals surface area (Å²) in [6.07, 6.45) is 5.09. The van der Waals surface area contributed by atoms with Crippen LogP contribution in [0.5, 0.6) is 0 Å². The van der Waals surface area contributed by atoms with E-state index in [2.05, 4.69) is 26.2 Å². The Balaban J connectivity index is 1.84. The Labute approximate surface area is 115 Å². The average Bonchev–Trinajstić information content (AvgIpc) is 2.38. The Morgan fingerprint density at radius 3 is 2.83 bits per heavy atom. The van der Waals surface area contributed by atoms with Gasteiger partial charge in [-0.3, -0.25) is 4.79 Å². The highest BCUT2D eigenvalue weighted by molar-refractivity contribution is 9.10. The molecular formula is C13H17BrN2O2. The molecule has 0 aromatic carbocycles. The van der Waals surface area contributed by atoms with E-state index in [4.69, 9.17) is 0 Å². The maximum atomic E-state index is 11.9. The minimum Gasteiger partial charge on any atom is -0.393 e. The number of aromatic nitrogens is 1. The lowest BCUT2D eigenvalue weighted by atomic mass is 9.87. The second-order valence-corrected chi connectivity index (χ2v) is 5.57. The molecule has 1 fully saturated rings. The van der Waals surface area contributed by atoms with E-state index in [9.17, 15) is 9.90 Å². The Morgan fingerprint density at radius 2 is 2.17 bits per heavy atom. The second-order valence-electron chi connectivity index (χ2n) is 4.72. The lowest BCUT2D eigenvalue weighted by Gasteiger charge is -2.25. The summed E-state index contributed by atoms with van der Waals surface area (Å²) >= 11 is 3.31. The van der Waals surface area contributed by atoms with Gasteiger partial charge < -0.3 is 10.4 Å². The first kappa shape index (κ1) is 13.5. The highest BCUT2D eigenvalue weighted by atomic mass is 79.9. The van der Waals surface area contributed by atoms with Crippen molar-refractivity contribution in [3.63, 3.8) is 0 Å². The SMILES string of the molecule is O=C(NCC1CCC(O)CC1)c1ncccc1Br. The van der Waals surface area contributed by atoms with Crippen LogP contribution in [0.15, 0.2) is 22.8 Å². The normalized spacial score (nSPS) is 23.7. The number of carbonyl (C=O) groups excluding carboxylic acids is 1. The molecule has 18 heavy (non-hydrogen) atoms. The van der Waals surface area contributed by atoms with Gasteiger partial charge in [-0.15, -0.1) is 0 Å². The number of nitrogens with zero attached hydrogens (tertiary/aromatic N) is 1. The molecule has 1 amide bonds. The van der Waals surface area contributed by atoms with Gasteiger partial charge in [-0.05, 0) is 59.7 Å². The van der Waals surface area contributed by atoms with Gasteiger partial charge in [0.25, 0.3) is 5.91 Å². The van der Waals surface area contributed by atoms with E-state index in [0.717, 1.165) is 25.7 Å². The maximum Gasteiger partial charge on any atom is 0.271 e. The number of halogens is 1. The molecule has 1 heterocycles. The lowest BCUT2D eigenvalue weighted by Crippen LogP contribution is -2.32. The molecule has 0 unspecified atom stereocenters. The Bertz CT molecular complexity index is 417. The third-order valence-corrected chi connectivity index (χ3v) is 3.98. The van der Waals surface area contributed by atoms with E-state index in [1.54, 1.807) is 18.3 Å². The van der Waals surface area contributed by atoms with E-state index >= 15 is 0 Å². The third-order valence-electron chi connectivity index (χ3n) is 3.34. The molecule has 1 aliphatic rings. The van der Waals surface area contributed by atoms with Gasteiger partial charge in [0, 0.05) is 17.2 Å². The van der Waals surface area contributed by atoms with Crippen LogP contribution in [0.1, 0.15) is 36.2 Å². The number of rotatable bonds is 3. The molecule has 98 valence electrons. The van der Waals surface area contributed by atoms with Crippen molar-refractivity contribution in [2.24, 2.45) is 5.92 Å². The molecule has 0 atom stereocenters. The van der Waals surface area contributed by atoms with Crippen molar-refractivity contribution < 1.29 is 9.90 Å². The summed E-state index contributed by atoms with van der Waals surface area (Å²) < 4.78 is 0.710. The molecule has 0 spiro atoms. The minimum absolute atomic E-state index is 0.145. The number of carbonyl (C=O) groups is 1. The van der Waals surface area contributed by atoms with Crippen LogP contribution in [0.4, 0.5) is 0 Å². The predicted octanol–water partition coefficient (Wildman–Crippen LogP) is 2.12. The van der Waals surface area contributed by atoms with Crippen molar-refractivity contribution in [3.8, 4) is 0 Å². The van der Waals surface area contributed by atoms with Crippen LogP contribution in [0, 0.1) is 5.92 Å². The topological polar surface area (TPSA) is 62.2 Å². The predicted molar refractivity (Wildman–Crippen MR) is 72.2 cm³/mol. The molecule has 2 rings (SSSR count). The van der Waals surface area contributed by atoms with Crippen LogP contribution in [0.2, 0.25) is 0 Å². The van der Waals surface area contributed by atoms with Crippen molar-refractivity contribution >= 4 is 21.8 Å². The largest absolute Gasteiger partial charge is 0.393 e. The number of amides is 1. The quantitative estimate of drug-likeness (QED) is 0.898. The molecule has 1 aliphatic carbocycles. The van der Waals surface area contributed by atoms with E-state index in [1.165, 1.54) is 0 Å². The number of pyridine rings is 1. The molecule has 1 aromatic heterocycles. The van der Waals surface area contributed by atoms with Crippen molar-refractivity contribution in [1.29, 1.82) is 0 Å². The second kappa shape index (κ2) is 6.29. The molecule has 0 aliphatic heterocycles. The maximum absolute atomic E-state index is 11.9. The van der Waals surface area contributed by atoms with Gasteiger partial charge >= 0.3 is 0 Å². The fraction of sp³-hybridized carbons (Fsp3) is 0.538. The van der Waals surface area contributed by atoms with E-state index < -0.39 is 0 Å². The molecule has 4 nitrogen and oxygen atoms in total. The molecule has 1 saturated carbocycles. The van der Waals surface area contributed by atoms with Gasteiger partial charge in [-0.2, -0.15) is 0 Å². The van der Waals surface area contributed by atoms with Crippen molar-refractivity contribution in [3.05, 3.63) is 28.5 Å². The van der Waals surface area contributed by atoms with Gasteiger partial charge in [0.15, 0.2) is 0 Å². The number of aliphatic hydroxyl groups excluding tert-OH is 1. The zero-order chi connectivity index (χ0) is 13.0. The van der Waals surface area contributed by atoms with Crippen LogP contribution in [0.3, 0.4) is 0 Å². The zero-order valence-electron chi connectivity index (χ0n) is 10.1. The van der Waals surface area contributed by atoms with Crippen molar-refractivity contribution in [2.45, 2.75) is 31.8 Å². The number of nitrogens with one attached hydrogen (secondary N) is 1. The molecular weight excluding hydrogens is 296 g/mol. The minimum atomic E-state index is -0.151. The Morgan fingerprint density at radius 1 is 1.44 bits per heavy atom. The molecule has 5 heteroatoms. The fourth-order valence-electron chi connectivity index (χ4n) is 2.22. The van der Waals surface area contributed by atoms with Crippen LogP contribution in [-0.2, 0) is 0 Å². The number of aliphatic hydroxyl groups is 1. The van der Waals surface area contributed by atoms with Crippen molar-refractivity contribution in [1.82, 2.24) is 10.3 Å². The van der Waals surface area contributed by atoms with Crippen LogP contribution >= 0.6 is 15.9 Å². The van der Waals surface area contributed by atoms with Gasteiger partial charge in [-0.1, -0.05) is 0 Å². The smallest absolute Gasteiger partial charge is 0.271 e. The zero-order valence-corrected chi connectivity index (χ0v) is 11.7. The highest BCUT2D eigenvalue weighted by Crippen LogP contribution is 2.23. The van der Waals surface area contributed by atoms with Gasteiger partial charge in [0.1, 0.15) is 5.69 Å². The monoisotopic (exact) mass is 312 g/mol. The standard InChI is InChI=1S/C13H17BrN2O2/c14-11-2-1-7-15-12(11)13(18)16-8-9-3-5-10(17)6-4-9/h1-2,7,9-10,17H,3-6,8H2,(H,16,18). The number of hydrogen-bond acceptors (Lipinski definition) is 3. The molecule has 1 aromatic rings. The van der Waals surface area contributed by atoms with Crippen molar-refractivity contribution in [2.75, 3.05) is 6.54 Å². The Hall–Kier alpha value is -0.940. The van der Waals surface area contributed by atoms with Gasteiger partial charge in [0.2, 0.25) is 0 Å². The van der Waals surface area contributed by atoms with E-state index in [0.29, 0.717) is 22.6 Å². The third kappa shape index (κ3) is 3.53. The lowest BCUT2D eigenvalue weighted by molar-refractivity contribution is 0.0905. The summed E-state index contributed by atoms with van der Waals surface area (Å²) in [6.45, 7) is 0.661. The van der Waals surface area contributed by atoms with Gasteiger partial charge in [-0.25, -0.2) is 4.98 Å². The van der Waals surface area contributed by atoms with Crippen LogP contribution in [0.25, 0.3) is 0 Å². The summed E-state index contributed by atoms with van der Waals surface area (Å²) in [7, 11) is 0. The first-order chi connectivity index (χ1) is 8.66. The summed E-state index contributed by atoms with van der Waals surface area (Å²) in [5.41, 5.74) is 0.424. The highest BCUT2D eigenvalue weighted by Gasteiger charge is 2.20. The number of hydrogen-bond donors (Lipinski definition) is 2. The first-order valence-electron chi connectivity index (χ1n) is 6.23. The van der Waals surface area contributed by atoms with Crippen LogP contribution < -0.4 is 5.32 Å².